The molecule has 33 heavy (non-hydrogen) atoms. The van der Waals surface area contributed by atoms with Crippen LogP contribution in [-0.4, -0.2) is 34.2 Å². The largest absolute Gasteiger partial charge is 0.495 e. The highest BCUT2D eigenvalue weighted by atomic mass is 35.5. The molecular weight excluding hydrogens is 485 g/mol. The van der Waals surface area contributed by atoms with Crippen molar-refractivity contribution in [3.05, 3.63) is 87.9 Å². The summed E-state index contributed by atoms with van der Waals surface area (Å²) < 4.78 is 33.2. The highest BCUT2D eigenvalue weighted by molar-refractivity contribution is 7.92. The van der Waals surface area contributed by atoms with E-state index in [4.69, 9.17) is 27.9 Å². The molecule has 10 heteroatoms. The third kappa shape index (κ3) is 6.04. The lowest BCUT2D eigenvalue weighted by atomic mass is 10.2. The van der Waals surface area contributed by atoms with Gasteiger partial charge in [0.05, 0.1) is 28.9 Å². The molecule has 0 aromatic heterocycles. The molecule has 0 radical (unpaired) electrons. The monoisotopic (exact) mass is 505 g/mol. The molecule has 7 nitrogen and oxygen atoms in total. The predicted octanol–water partition coefficient (Wildman–Crippen LogP) is 4.66. The first-order valence-electron chi connectivity index (χ1n) is 9.72. The van der Waals surface area contributed by atoms with Crippen molar-refractivity contribution in [2.24, 2.45) is 5.10 Å². The van der Waals surface area contributed by atoms with Crippen LogP contribution in [0.5, 0.6) is 5.75 Å². The number of halogens is 2. The van der Waals surface area contributed by atoms with Gasteiger partial charge in [-0.3, -0.25) is 9.10 Å². The van der Waals surface area contributed by atoms with Gasteiger partial charge in [0.2, 0.25) is 0 Å². The molecule has 3 rings (SSSR count). The van der Waals surface area contributed by atoms with E-state index in [1.807, 2.05) is 6.92 Å². The van der Waals surface area contributed by atoms with E-state index in [0.29, 0.717) is 21.4 Å². The number of carbonyl (C=O) groups is 1. The molecule has 0 aliphatic rings. The number of nitrogens with zero attached hydrogens (tertiary/aromatic N) is 2. The second kappa shape index (κ2) is 10.7. The molecule has 0 spiro atoms. The van der Waals surface area contributed by atoms with Crippen molar-refractivity contribution < 1.29 is 17.9 Å². The molecule has 0 saturated heterocycles. The minimum Gasteiger partial charge on any atom is -0.495 e. The molecule has 3 aromatic carbocycles. The van der Waals surface area contributed by atoms with Crippen LogP contribution in [-0.2, 0) is 14.8 Å². The first-order chi connectivity index (χ1) is 15.7. The summed E-state index contributed by atoms with van der Waals surface area (Å²) in [4.78, 5) is 12.7. The van der Waals surface area contributed by atoms with Gasteiger partial charge in [-0.15, -0.1) is 0 Å². The minimum atomic E-state index is -4.08. The Bertz CT molecular complexity index is 1280. The van der Waals surface area contributed by atoms with Crippen LogP contribution in [0.1, 0.15) is 11.1 Å². The molecule has 0 aliphatic carbocycles. The zero-order valence-corrected chi connectivity index (χ0v) is 20.2. The average molecular weight is 506 g/mol. The van der Waals surface area contributed by atoms with E-state index in [9.17, 15) is 13.2 Å². The number of aryl methyl sites for hydroxylation is 1. The van der Waals surface area contributed by atoms with Crippen LogP contribution in [0.3, 0.4) is 0 Å². The van der Waals surface area contributed by atoms with Crippen LogP contribution >= 0.6 is 23.2 Å². The van der Waals surface area contributed by atoms with Crippen molar-refractivity contribution in [3.63, 3.8) is 0 Å². The van der Waals surface area contributed by atoms with E-state index in [1.54, 1.807) is 54.6 Å². The smallest absolute Gasteiger partial charge is 0.264 e. The van der Waals surface area contributed by atoms with Crippen LogP contribution in [0.4, 0.5) is 5.69 Å². The molecule has 0 atom stereocenters. The van der Waals surface area contributed by atoms with Gasteiger partial charge in [0.15, 0.2) is 0 Å². The lowest BCUT2D eigenvalue weighted by Crippen LogP contribution is -2.39. The van der Waals surface area contributed by atoms with Crippen LogP contribution < -0.4 is 14.5 Å². The fourth-order valence-corrected chi connectivity index (χ4v) is 4.86. The highest BCUT2D eigenvalue weighted by Crippen LogP contribution is 2.33. The molecule has 0 bridgehead atoms. The maximum atomic E-state index is 13.4. The second-order valence-corrected chi connectivity index (χ2v) is 9.66. The number of amides is 1. The van der Waals surface area contributed by atoms with Gasteiger partial charge in [0, 0.05) is 10.6 Å². The maximum Gasteiger partial charge on any atom is 0.264 e. The number of sulfonamides is 1. The summed E-state index contributed by atoms with van der Waals surface area (Å²) in [6, 6.07) is 17.8. The van der Waals surface area contributed by atoms with Crippen molar-refractivity contribution >= 4 is 51.0 Å². The highest BCUT2D eigenvalue weighted by Gasteiger charge is 2.29. The quantitative estimate of drug-likeness (QED) is 0.356. The summed E-state index contributed by atoms with van der Waals surface area (Å²) in [5.74, 6) is -0.344. The van der Waals surface area contributed by atoms with Gasteiger partial charge < -0.3 is 4.74 Å². The van der Waals surface area contributed by atoms with Crippen LogP contribution in [0.15, 0.2) is 76.7 Å². The molecule has 3 aromatic rings. The Labute approximate surface area is 202 Å². The maximum absolute atomic E-state index is 13.4. The summed E-state index contributed by atoms with van der Waals surface area (Å²) >= 11 is 12.0. The van der Waals surface area contributed by atoms with Crippen molar-refractivity contribution in [2.45, 2.75) is 11.8 Å². The van der Waals surface area contributed by atoms with Gasteiger partial charge in [-0.1, -0.05) is 53.5 Å². The topological polar surface area (TPSA) is 88.1 Å². The fourth-order valence-electron chi connectivity index (χ4n) is 2.96. The van der Waals surface area contributed by atoms with E-state index >= 15 is 0 Å². The standard InChI is InChI=1S/C23H21Cl2N3O4S/c1-16-8-11-22(32-2)21(12-16)28(33(30,31)19-6-4-3-5-7-19)15-23(29)27-26-14-17-9-10-18(24)13-20(17)25/h3-14H,15H2,1-2H3,(H,27,29)/b26-14-. The average Bonchev–Trinajstić information content (AvgIpc) is 2.79. The summed E-state index contributed by atoms with van der Waals surface area (Å²) in [6.07, 6.45) is 1.35. The molecule has 0 aliphatic heterocycles. The number of hydrazone groups is 1. The number of benzene rings is 3. The third-order valence-corrected chi connectivity index (χ3v) is 6.91. The Morgan fingerprint density at radius 1 is 1.09 bits per heavy atom. The van der Waals surface area contributed by atoms with Crippen LogP contribution in [0.2, 0.25) is 10.0 Å². The number of carbonyl (C=O) groups excluding carboxylic acids is 1. The van der Waals surface area contributed by atoms with Gasteiger partial charge >= 0.3 is 0 Å². The van der Waals surface area contributed by atoms with E-state index in [0.717, 1.165) is 9.87 Å². The normalized spacial score (nSPS) is 11.4. The lowest BCUT2D eigenvalue weighted by molar-refractivity contribution is -0.119. The molecular formula is C23H21Cl2N3O4S. The Hall–Kier alpha value is -3.07. The van der Waals surface area contributed by atoms with Gasteiger partial charge in [0.25, 0.3) is 15.9 Å². The number of rotatable bonds is 8. The van der Waals surface area contributed by atoms with E-state index in [1.165, 1.54) is 25.5 Å². The van der Waals surface area contributed by atoms with E-state index < -0.39 is 22.5 Å². The van der Waals surface area contributed by atoms with Crippen molar-refractivity contribution in [2.75, 3.05) is 18.0 Å². The zero-order chi connectivity index (χ0) is 24.0. The van der Waals surface area contributed by atoms with E-state index in [2.05, 4.69) is 10.5 Å². The number of nitrogens with one attached hydrogen (secondary N) is 1. The molecule has 0 unspecified atom stereocenters. The molecule has 1 N–H and O–H groups in total. The number of hydrogen-bond donors (Lipinski definition) is 1. The van der Waals surface area contributed by atoms with Gasteiger partial charge in [-0.05, 0) is 48.9 Å². The predicted molar refractivity (Wildman–Crippen MR) is 131 cm³/mol. The second-order valence-electron chi connectivity index (χ2n) is 6.96. The van der Waals surface area contributed by atoms with Crippen molar-refractivity contribution in [3.8, 4) is 5.75 Å². The minimum absolute atomic E-state index is 0.0396. The number of ether oxygens (including phenoxy) is 1. The first-order valence-corrected chi connectivity index (χ1v) is 11.9. The molecule has 1 amide bonds. The Morgan fingerprint density at radius 3 is 2.48 bits per heavy atom. The third-order valence-electron chi connectivity index (χ3n) is 4.58. The summed E-state index contributed by atoms with van der Waals surface area (Å²) in [6.45, 7) is 1.29. The number of hydrogen-bond acceptors (Lipinski definition) is 5. The first kappa shape index (κ1) is 24.6. The zero-order valence-electron chi connectivity index (χ0n) is 17.8. The number of methoxy groups -OCH3 is 1. The SMILES string of the molecule is COc1ccc(C)cc1N(CC(=O)N/N=C\c1ccc(Cl)cc1Cl)S(=O)(=O)c1ccccc1. The summed E-state index contributed by atoms with van der Waals surface area (Å²) in [5, 5.41) is 4.72. The molecule has 0 saturated carbocycles. The number of anilines is 1. The molecule has 172 valence electrons. The van der Waals surface area contributed by atoms with Crippen LogP contribution in [0, 0.1) is 6.92 Å². The van der Waals surface area contributed by atoms with Gasteiger partial charge in [-0.2, -0.15) is 5.10 Å². The van der Waals surface area contributed by atoms with E-state index in [-0.39, 0.29) is 10.6 Å². The summed E-state index contributed by atoms with van der Waals surface area (Å²) in [7, 11) is -2.65. The Balaban J connectivity index is 1.91. The van der Waals surface area contributed by atoms with Crippen molar-refractivity contribution in [1.82, 2.24) is 5.43 Å². The Kier molecular flexibility index (Phi) is 7.97. The van der Waals surface area contributed by atoms with Crippen molar-refractivity contribution in [1.29, 1.82) is 0 Å². The summed E-state index contributed by atoms with van der Waals surface area (Å²) in [5.41, 5.74) is 3.92. The molecule has 0 heterocycles. The Morgan fingerprint density at radius 2 is 1.82 bits per heavy atom. The molecule has 0 fully saturated rings. The lowest BCUT2D eigenvalue weighted by Gasteiger charge is -2.25. The van der Waals surface area contributed by atoms with Gasteiger partial charge in [0.1, 0.15) is 12.3 Å². The van der Waals surface area contributed by atoms with Gasteiger partial charge in [-0.25, -0.2) is 13.8 Å². The van der Waals surface area contributed by atoms with Crippen LogP contribution in [0.25, 0.3) is 0 Å². The fraction of sp³-hybridized carbons (Fsp3) is 0.130.